The third-order valence-corrected chi connectivity index (χ3v) is 4.25. The molecule has 4 atom stereocenters. The lowest BCUT2D eigenvalue weighted by atomic mass is 10.1. The monoisotopic (exact) mass is 314 g/mol. The molecule has 0 saturated heterocycles. The number of aromatic nitrogens is 2. The van der Waals surface area contributed by atoms with Crippen LogP contribution in [0.1, 0.15) is 18.9 Å². The fourth-order valence-electron chi connectivity index (χ4n) is 2.89. The zero-order valence-electron chi connectivity index (χ0n) is 13.1. The van der Waals surface area contributed by atoms with Crippen molar-refractivity contribution in [1.29, 1.82) is 0 Å². The van der Waals surface area contributed by atoms with Crippen LogP contribution in [0.15, 0.2) is 42.6 Å². The summed E-state index contributed by atoms with van der Waals surface area (Å²) in [6, 6.07) is 11.6. The lowest BCUT2D eigenvalue weighted by Crippen LogP contribution is -2.35. The normalized spacial score (nSPS) is 26.9. The second kappa shape index (κ2) is 6.93. The number of hydrogen-bond donors (Lipinski definition) is 4. The van der Waals surface area contributed by atoms with Crippen LogP contribution in [-0.4, -0.2) is 38.4 Å². The van der Waals surface area contributed by atoms with E-state index >= 15 is 0 Å². The van der Waals surface area contributed by atoms with Crippen molar-refractivity contribution in [3.8, 4) is 0 Å². The minimum Gasteiger partial charge on any atom is -0.390 e. The van der Waals surface area contributed by atoms with Gasteiger partial charge in [-0.05, 0) is 24.0 Å². The van der Waals surface area contributed by atoms with Crippen LogP contribution in [0.5, 0.6) is 0 Å². The zero-order chi connectivity index (χ0) is 16.2. The van der Waals surface area contributed by atoms with Crippen molar-refractivity contribution in [3.63, 3.8) is 0 Å². The topological polar surface area (TPSA) is 90.3 Å². The highest BCUT2D eigenvalue weighted by molar-refractivity contribution is 5.41. The van der Waals surface area contributed by atoms with Gasteiger partial charge in [0.15, 0.2) is 0 Å². The van der Waals surface area contributed by atoms with E-state index in [2.05, 4.69) is 20.6 Å². The summed E-state index contributed by atoms with van der Waals surface area (Å²) in [5, 5.41) is 26.3. The molecule has 6 nitrogen and oxygen atoms in total. The van der Waals surface area contributed by atoms with E-state index in [-0.39, 0.29) is 12.0 Å². The number of nitrogens with zero attached hydrogens (tertiary/aromatic N) is 2. The minimum absolute atomic E-state index is 0.0695. The molecule has 0 spiro atoms. The average molecular weight is 314 g/mol. The minimum atomic E-state index is -0.777. The van der Waals surface area contributed by atoms with Crippen LogP contribution in [-0.2, 0) is 6.54 Å². The first-order valence-corrected chi connectivity index (χ1v) is 7.87. The van der Waals surface area contributed by atoms with Gasteiger partial charge in [0.1, 0.15) is 11.9 Å². The highest BCUT2D eigenvalue weighted by Crippen LogP contribution is 2.28. The fourth-order valence-corrected chi connectivity index (χ4v) is 2.89. The standard InChI is InChI=1S/C17H22N4O2/c1-11-9-13(16(23)15(11)22)20-14-7-8-18-17(21-14)19-10-12-5-3-2-4-6-12/h2-8,11,13,15-16,22-23H,9-10H2,1H3,(H2,18,19,20,21)/t11-,13-,15-,16+/m1/s1. The molecular weight excluding hydrogens is 292 g/mol. The molecule has 4 N–H and O–H groups in total. The molecule has 6 heteroatoms. The lowest BCUT2D eigenvalue weighted by molar-refractivity contribution is 0.0210. The lowest BCUT2D eigenvalue weighted by Gasteiger charge is -2.18. The van der Waals surface area contributed by atoms with Gasteiger partial charge in [0.2, 0.25) is 5.95 Å². The highest BCUT2D eigenvalue weighted by Gasteiger charge is 2.39. The van der Waals surface area contributed by atoms with Crippen molar-refractivity contribution in [3.05, 3.63) is 48.2 Å². The Morgan fingerprint density at radius 2 is 1.91 bits per heavy atom. The summed E-state index contributed by atoms with van der Waals surface area (Å²) in [7, 11) is 0. The Labute approximate surface area is 135 Å². The van der Waals surface area contributed by atoms with Crippen molar-refractivity contribution in [2.24, 2.45) is 5.92 Å². The van der Waals surface area contributed by atoms with Crippen LogP contribution in [0, 0.1) is 5.92 Å². The smallest absolute Gasteiger partial charge is 0.224 e. The van der Waals surface area contributed by atoms with Gasteiger partial charge in [-0.2, -0.15) is 4.98 Å². The number of benzene rings is 1. The molecule has 1 saturated carbocycles. The molecule has 1 fully saturated rings. The maximum Gasteiger partial charge on any atom is 0.224 e. The third kappa shape index (κ3) is 3.78. The molecular formula is C17H22N4O2. The van der Waals surface area contributed by atoms with Crippen LogP contribution < -0.4 is 10.6 Å². The number of hydrogen-bond acceptors (Lipinski definition) is 6. The molecule has 1 aliphatic carbocycles. The van der Waals surface area contributed by atoms with E-state index < -0.39 is 12.2 Å². The summed E-state index contributed by atoms with van der Waals surface area (Å²) in [6.45, 7) is 2.58. The van der Waals surface area contributed by atoms with Crippen LogP contribution in [0.3, 0.4) is 0 Å². The Bertz CT molecular complexity index is 638. The molecule has 1 aromatic carbocycles. The van der Waals surface area contributed by atoms with Gasteiger partial charge in [-0.1, -0.05) is 37.3 Å². The first kappa shape index (κ1) is 15.7. The van der Waals surface area contributed by atoms with E-state index in [0.717, 1.165) is 5.56 Å². The summed E-state index contributed by atoms with van der Waals surface area (Å²) in [5.74, 6) is 1.24. The number of nitrogens with one attached hydrogen (secondary N) is 2. The van der Waals surface area contributed by atoms with Gasteiger partial charge in [0, 0.05) is 12.7 Å². The predicted octanol–water partition coefficient (Wildman–Crippen LogP) is 1.63. The molecule has 0 bridgehead atoms. The van der Waals surface area contributed by atoms with Crippen LogP contribution in [0.25, 0.3) is 0 Å². The van der Waals surface area contributed by atoms with Gasteiger partial charge in [0.05, 0.1) is 12.1 Å². The molecule has 0 amide bonds. The third-order valence-electron chi connectivity index (χ3n) is 4.25. The Hall–Kier alpha value is -2.18. The molecule has 3 rings (SSSR count). The Balaban J connectivity index is 1.61. The van der Waals surface area contributed by atoms with Crippen LogP contribution in [0.2, 0.25) is 0 Å². The summed E-state index contributed by atoms with van der Waals surface area (Å²) in [4.78, 5) is 8.61. The fraction of sp³-hybridized carbons (Fsp3) is 0.412. The zero-order valence-corrected chi connectivity index (χ0v) is 13.1. The first-order valence-electron chi connectivity index (χ1n) is 7.87. The van der Waals surface area contributed by atoms with Gasteiger partial charge in [-0.15, -0.1) is 0 Å². The average Bonchev–Trinajstić information content (AvgIpc) is 2.81. The maximum atomic E-state index is 10.0. The number of aliphatic hydroxyl groups is 2. The van der Waals surface area contributed by atoms with Crippen molar-refractivity contribution in [1.82, 2.24) is 9.97 Å². The number of aliphatic hydroxyl groups excluding tert-OH is 2. The van der Waals surface area contributed by atoms with Crippen LogP contribution >= 0.6 is 0 Å². The molecule has 0 radical (unpaired) electrons. The maximum absolute atomic E-state index is 10.0. The Kier molecular flexibility index (Phi) is 4.73. The van der Waals surface area contributed by atoms with Gasteiger partial charge >= 0.3 is 0 Å². The van der Waals surface area contributed by atoms with Crippen molar-refractivity contribution in [2.75, 3.05) is 10.6 Å². The highest BCUT2D eigenvalue weighted by atomic mass is 16.3. The van der Waals surface area contributed by atoms with Gasteiger partial charge < -0.3 is 20.8 Å². The molecule has 2 aromatic rings. The molecule has 122 valence electrons. The van der Waals surface area contributed by atoms with Crippen molar-refractivity contribution in [2.45, 2.75) is 38.1 Å². The molecule has 23 heavy (non-hydrogen) atoms. The Morgan fingerprint density at radius 1 is 1.13 bits per heavy atom. The summed E-state index contributed by atoms with van der Waals surface area (Å²) < 4.78 is 0. The van der Waals surface area contributed by atoms with Crippen molar-refractivity contribution >= 4 is 11.8 Å². The van der Waals surface area contributed by atoms with Gasteiger partial charge in [-0.3, -0.25) is 0 Å². The predicted molar refractivity (Wildman–Crippen MR) is 89.0 cm³/mol. The van der Waals surface area contributed by atoms with Crippen LogP contribution in [0.4, 0.5) is 11.8 Å². The van der Waals surface area contributed by atoms with E-state index in [1.807, 2.05) is 37.3 Å². The second-order valence-electron chi connectivity index (χ2n) is 6.05. The largest absolute Gasteiger partial charge is 0.390 e. The van der Waals surface area contributed by atoms with E-state index in [0.29, 0.717) is 24.7 Å². The van der Waals surface area contributed by atoms with E-state index in [1.165, 1.54) is 0 Å². The van der Waals surface area contributed by atoms with E-state index in [1.54, 1.807) is 12.3 Å². The summed E-state index contributed by atoms with van der Waals surface area (Å²) in [5.41, 5.74) is 1.15. The Morgan fingerprint density at radius 3 is 2.61 bits per heavy atom. The SMILES string of the molecule is C[C@@H]1C[C@@H](Nc2ccnc(NCc3ccccc3)n2)[C@H](O)[C@@H]1O. The van der Waals surface area contributed by atoms with Gasteiger partial charge in [0.25, 0.3) is 0 Å². The van der Waals surface area contributed by atoms with Gasteiger partial charge in [-0.25, -0.2) is 4.98 Å². The second-order valence-corrected chi connectivity index (χ2v) is 6.05. The summed E-state index contributed by atoms with van der Waals surface area (Å²) >= 11 is 0. The first-order chi connectivity index (χ1) is 11.1. The molecule has 0 unspecified atom stereocenters. The molecule has 1 aromatic heterocycles. The molecule has 0 aliphatic heterocycles. The molecule has 1 heterocycles. The number of anilines is 2. The van der Waals surface area contributed by atoms with E-state index in [4.69, 9.17) is 0 Å². The van der Waals surface area contributed by atoms with E-state index in [9.17, 15) is 10.2 Å². The molecule has 1 aliphatic rings. The van der Waals surface area contributed by atoms with Crippen molar-refractivity contribution < 1.29 is 10.2 Å². The number of rotatable bonds is 5. The quantitative estimate of drug-likeness (QED) is 0.671. The summed E-state index contributed by atoms with van der Waals surface area (Å²) in [6.07, 6.45) is 0.911.